The molecule has 0 N–H and O–H groups in total. The number of rotatable bonds is 0. The van der Waals surface area contributed by atoms with Crippen LogP contribution in [-0.4, -0.2) is 5.87 Å². The van der Waals surface area contributed by atoms with Crippen molar-refractivity contribution in [3.8, 4) is 0 Å². The molecule has 0 radical (unpaired) electrons. The molecule has 0 aromatic carbocycles. The topological polar surface area (TPSA) is 12.4 Å². The van der Waals surface area contributed by atoms with Crippen LogP contribution in [0.1, 0.15) is 0 Å². The number of allylic oxidation sites excluding steroid dienone is 4. The van der Waals surface area contributed by atoms with Crippen molar-refractivity contribution in [1.29, 1.82) is 0 Å². The summed E-state index contributed by atoms with van der Waals surface area (Å²) in [4.78, 5) is 3.78. The SMILES string of the molecule is IC1=CC=C=NC=C1. The summed E-state index contributed by atoms with van der Waals surface area (Å²) < 4.78 is 1.18. The van der Waals surface area contributed by atoms with Gasteiger partial charge in [-0.05, 0) is 40.6 Å². The Kier molecular flexibility index (Phi) is 2.06. The predicted octanol–water partition coefficient (Wildman–Crippen LogP) is 2.06. The van der Waals surface area contributed by atoms with Crippen molar-refractivity contribution in [3.63, 3.8) is 0 Å². The van der Waals surface area contributed by atoms with Crippen LogP contribution in [0.2, 0.25) is 0 Å². The number of hydrogen-bond donors (Lipinski definition) is 0. The van der Waals surface area contributed by atoms with Crippen molar-refractivity contribution >= 4 is 28.5 Å². The Labute approximate surface area is 61.6 Å². The average molecular weight is 217 g/mol. The van der Waals surface area contributed by atoms with E-state index in [1.54, 1.807) is 12.3 Å². The van der Waals surface area contributed by atoms with E-state index in [4.69, 9.17) is 0 Å². The maximum absolute atomic E-state index is 3.78. The van der Waals surface area contributed by atoms with Gasteiger partial charge in [-0.1, -0.05) is 0 Å². The highest BCUT2D eigenvalue weighted by Gasteiger charge is 1.79. The highest BCUT2D eigenvalue weighted by molar-refractivity contribution is 14.1. The zero-order valence-electron chi connectivity index (χ0n) is 4.13. The average Bonchev–Trinajstić information content (AvgIpc) is 1.94. The predicted molar refractivity (Wildman–Crippen MR) is 43.2 cm³/mol. The highest BCUT2D eigenvalue weighted by atomic mass is 127. The van der Waals surface area contributed by atoms with Crippen molar-refractivity contribution < 1.29 is 0 Å². The first-order valence-electron chi connectivity index (χ1n) is 2.20. The minimum atomic E-state index is 1.18. The summed E-state index contributed by atoms with van der Waals surface area (Å²) in [6.45, 7) is 0. The lowest BCUT2D eigenvalue weighted by Gasteiger charge is -1.76. The summed E-state index contributed by atoms with van der Waals surface area (Å²) in [6.07, 6.45) is 7.40. The third-order valence-corrected chi connectivity index (χ3v) is 1.42. The molecule has 8 heavy (non-hydrogen) atoms. The second kappa shape index (κ2) is 2.84. The van der Waals surface area contributed by atoms with Crippen LogP contribution >= 0.6 is 22.6 Å². The summed E-state index contributed by atoms with van der Waals surface area (Å²) in [5, 5.41) is 0. The van der Waals surface area contributed by atoms with E-state index in [9.17, 15) is 0 Å². The molecule has 1 heterocycles. The molecule has 1 aliphatic heterocycles. The Morgan fingerprint density at radius 1 is 1.62 bits per heavy atom. The Bertz CT molecular complexity index is 195. The van der Waals surface area contributed by atoms with Gasteiger partial charge in [-0.2, -0.15) is 0 Å². The second-order valence-corrected chi connectivity index (χ2v) is 2.54. The fourth-order valence-electron chi connectivity index (χ4n) is 0.367. The first-order chi connectivity index (χ1) is 3.89. The quantitative estimate of drug-likeness (QED) is 0.550. The van der Waals surface area contributed by atoms with Gasteiger partial charge in [-0.15, -0.1) is 0 Å². The Morgan fingerprint density at radius 3 is 3.38 bits per heavy atom. The van der Waals surface area contributed by atoms with E-state index in [2.05, 4.69) is 33.5 Å². The number of aliphatic imine (C=N–C) groups is 1. The Balaban J connectivity index is 2.90. The maximum atomic E-state index is 3.78. The van der Waals surface area contributed by atoms with E-state index < -0.39 is 0 Å². The van der Waals surface area contributed by atoms with Gasteiger partial charge < -0.3 is 0 Å². The highest BCUT2D eigenvalue weighted by Crippen LogP contribution is 2.07. The molecular weight excluding hydrogens is 213 g/mol. The van der Waals surface area contributed by atoms with Crippen molar-refractivity contribution in [3.05, 3.63) is 28.0 Å². The molecule has 1 rings (SSSR count). The lowest BCUT2D eigenvalue weighted by molar-refractivity contribution is 1.61. The standard InChI is InChI=1S/C6H4IN/c7-6-2-1-4-8-5-3-6/h1-3,5H. The van der Waals surface area contributed by atoms with Crippen LogP contribution in [-0.2, 0) is 0 Å². The molecule has 1 aliphatic rings. The first kappa shape index (κ1) is 5.79. The monoisotopic (exact) mass is 217 g/mol. The third-order valence-electron chi connectivity index (χ3n) is 0.700. The van der Waals surface area contributed by atoms with Gasteiger partial charge in [0.05, 0.1) is 0 Å². The van der Waals surface area contributed by atoms with E-state index >= 15 is 0 Å². The molecule has 0 aliphatic carbocycles. The van der Waals surface area contributed by atoms with Gasteiger partial charge in [-0.3, -0.25) is 0 Å². The van der Waals surface area contributed by atoms with Crippen molar-refractivity contribution in [2.45, 2.75) is 0 Å². The van der Waals surface area contributed by atoms with Crippen LogP contribution in [0.15, 0.2) is 33.0 Å². The molecule has 0 bridgehead atoms. The van der Waals surface area contributed by atoms with Gasteiger partial charge in [0.25, 0.3) is 0 Å². The molecule has 0 spiro atoms. The smallest absolute Gasteiger partial charge is 0.0378 e. The third kappa shape index (κ3) is 1.64. The van der Waals surface area contributed by atoms with Crippen LogP contribution in [0.3, 0.4) is 0 Å². The largest absolute Gasteiger partial charge is 0.214 e. The minimum Gasteiger partial charge on any atom is -0.214 e. The summed E-state index contributed by atoms with van der Waals surface area (Å²) in [5.74, 6) is 2.71. The lowest BCUT2D eigenvalue weighted by Crippen LogP contribution is -1.53. The minimum absolute atomic E-state index is 1.18. The summed E-state index contributed by atoms with van der Waals surface area (Å²) in [7, 11) is 0. The summed E-state index contributed by atoms with van der Waals surface area (Å²) in [6, 6.07) is 0. The van der Waals surface area contributed by atoms with Crippen LogP contribution in [0.5, 0.6) is 0 Å². The zero-order chi connectivity index (χ0) is 5.82. The molecule has 2 heteroatoms. The van der Waals surface area contributed by atoms with Crippen molar-refractivity contribution in [1.82, 2.24) is 0 Å². The second-order valence-electron chi connectivity index (χ2n) is 1.29. The fraction of sp³-hybridized carbons (Fsp3) is 0. The molecule has 1 nitrogen and oxygen atoms in total. The van der Waals surface area contributed by atoms with E-state index in [0.717, 1.165) is 0 Å². The van der Waals surface area contributed by atoms with E-state index in [-0.39, 0.29) is 0 Å². The lowest BCUT2D eigenvalue weighted by atomic mass is 10.5. The van der Waals surface area contributed by atoms with Gasteiger partial charge in [-0.25, -0.2) is 4.99 Å². The first-order valence-corrected chi connectivity index (χ1v) is 3.28. The summed E-state index contributed by atoms with van der Waals surface area (Å²) in [5.41, 5.74) is 0. The van der Waals surface area contributed by atoms with Gasteiger partial charge in [0.15, 0.2) is 0 Å². The zero-order valence-corrected chi connectivity index (χ0v) is 6.29. The molecule has 0 amide bonds. The van der Waals surface area contributed by atoms with Crippen LogP contribution in [0.25, 0.3) is 0 Å². The molecule has 0 unspecified atom stereocenters. The molecule has 0 fully saturated rings. The number of halogens is 1. The molecule has 0 saturated heterocycles. The number of nitrogens with zero attached hydrogens (tertiary/aromatic N) is 1. The molecule has 0 aromatic heterocycles. The van der Waals surface area contributed by atoms with Crippen molar-refractivity contribution in [2.75, 3.05) is 0 Å². The normalized spacial score (nSPS) is 15.9. The van der Waals surface area contributed by atoms with Gasteiger partial charge in [0, 0.05) is 15.9 Å². The number of hydrogen-bond acceptors (Lipinski definition) is 1. The summed E-state index contributed by atoms with van der Waals surface area (Å²) >= 11 is 2.22. The molecule has 0 saturated carbocycles. The van der Waals surface area contributed by atoms with Gasteiger partial charge in [0.1, 0.15) is 0 Å². The van der Waals surface area contributed by atoms with Crippen LogP contribution in [0.4, 0.5) is 0 Å². The molecular formula is C6H4IN. The van der Waals surface area contributed by atoms with Crippen LogP contribution < -0.4 is 0 Å². The maximum Gasteiger partial charge on any atom is 0.0378 e. The van der Waals surface area contributed by atoms with Gasteiger partial charge in [0.2, 0.25) is 0 Å². The van der Waals surface area contributed by atoms with E-state index in [1.807, 2.05) is 12.2 Å². The molecule has 0 aromatic rings. The van der Waals surface area contributed by atoms with E-state index in [1.165, 1.54) is 3.58 Å². The molecule has 40 valence electrons. The fourth-order valence-corrected chi connectivity index (χ4v) is 0.708. The molecule has 0 atom stereocenters. The Morgan fingerprint density at radius 2 is 2.50 bits per heavy atom. The van der Waals surface area contributed by atoms with Crippen LogP contribution in [0, 0.1) is 0 Å². The Hall–Kier alpha value is -0.340. The van der Waals surface area contributed by atoms with E-state index in [0.29, 0.717) is 0 Å². The van der Waals surface area contributed by atoms with Crippen molar-refractivity contribution in [2.24, 2.45) is 4.99 Å². The van der Waals surface area contributed by atoms with Gasteiger partial charge >= 0.3 is 0 Å².